The van der Waals surface area contributed by atoms with Gasteiger partial charge in [0.2, 0.25) is 11.8 Å². The number of para-hydroxylation sites is 2. The van der Waals surface area contributed by atoms with Crippen molar-refractivity contribution in [3.05, 3.63) is 58.1 Å². The number of benzene rings is 2. The number of nitrogens with zero attached hydrogens (tertiary/aromatic N) is 2. The Hall–Kier alpha value is -2.24. The summed E-state index contributed by atoms with van der Waals surface area (Å²) in [4.78, 5) is 28.7. The molecule has 0 spiro atoms. The van der Waals surface area contributed by atoms with Crippen molar-refractivity contribution in [1.82, 2.24) is 4.90 Å². The lowest BCUT2D eigenvalue weighted by Crippen LogP contribution is -2.39. The maximum absolute atomic E-state index is 12.7. The van der Waals surface area contributed by atoms with E-state index in [1.165, 1.54) is 0 Å². The quantitative estimate of drug-likeness (QED) is 0.688. The van der Waals surface area contributed by atoms with Gasteiger partial charge in [-0.25, -0.2) is 0 Å². The molecule has 1 aliphatic heterocycles. The fraction of sp³-hybridized carbons (Fsp3) is 0.333. The molecule has 2 amide bonds. The Morgan fingerprint density at radius 2 is 1.89 bits per heavy atom. The van der Waals surface area contributed by atoms with Crippen molar-refractivity contribution < 1.29 is 14.3 Å². The Balaban J connectivity index is 1.59. The van der Waals surface area contributed by atoms with E-state index in [0.29, 0.717) is 42.0 Å². The largest absolute Gasteiger partial charge is 0.490 e. The van der Waals surface area contributed by atoms with Gasteiger partial charge in [-0.3, -0.25) is 9.59 Å². The molecule has 0 unspecified atom stereocenters. The van der Waals surface area contributed by atoms with E-state index in [1.807, 2.05) is 37.3 Å². The predicted molar refractivity (Wildman–Crippen MR) is 111 cm³/mol. The van der Waals surface area contributed by atoms with E-state index in [1.54, 1.807) is 21.9 Å². The summed E-state index contributed by atoms with van der Waals surface area (Å²) >= 11 is 12.0. The number of rotatable bonds is 6. The summed E-state index contributed by atoms with van der Waals surface area (Å²) in [6.45, 7) is 3.84. The average molecular weight is 421 g/mol. The number of fused-ring (bicyclic) bond motifs is 1. The van der Waals surface area contributed by atoms with Crippen LogP contribution in [-0.4, -0.2) is 36.4 Å². The van der Waals surface area contributed by atoms with Crippen LogP contribution in [0.15, 0.2) is 42.5 Å². The zero-order valence-electron chi connectivity index (χ0n) is 15.7. The first-order chi connectivity index (χ1) is 13.5. The minimum Gasteiger partial charge on any atom is -0.490 e. The molecule has 0 saturated carbocycles. The maximum Gasteiger partial charge on any atom is 0.227 e. The second-order valence-electron chi connectivity index (χ2n) is 6.52. The fourth-order valence-corrected chi connectivity index (χ4v) is 3.49. The normalized spacial score (nSPS) is 12.9. The lowest BCUT2D eigenvalue weighted by molar-refractivity contribution is -0.133. The molecule has 2 aromatic carbocycles. The van der Waals surface area contributed by atoms with Gasteiger partial charge in [-0.15, -0.1) is 0 Å². The van der Waals surface area contributed by atoms with Crippen LogP contribution in [0.5, 0.6) is 5.75 Å². The summed E-state index contributed by atoms with van der Waals surface area (Å²) in [7, 11) is 0. The Morgan fingerprint density at radius 1 is 1.11 bits per heavy atom. The lowest BCUT2D eigenvalue weighted by Gasteiger charge is -2.29. The number of ether oxygens (including phenoxy) is 1. The third kappa shape index (κ3) is 4.78. The monoisotopic (exact) mass is 420 g/mol. The van der Waals surface area contributed by atoms with E-state index in [-0.39, 0.29) is 24.7 Å². The van der Waals surface area contributed by atoms with Crippen LogP contribution in [0.2, 0.25) is 10.0 Å². The first kappa shape index (κ1) is 20.5. The summed E-state index contributed by atoms with van der Waals surface area (Å²) in [6, 6.07) is 12.8. The molecule has 7 heteroatoms. The summed E-state index contributed by atoms with van der Waals surface area (Å²) < 4.78 is 5.58. The molecule has 0 atom stereocenters. The number of carbonyl (C=O) groups is 2. The molecule has 0 aliphatic carbocycles. The van der Waals surface area contributed by atoms with Gasteiger partial charge in [-0.2, -0.15) is 0 Å². The van der Waals surface area contributed by atoms with Gasteiger partial charge in [-0.05, 0) is 36.8 Å². The van der Waals surface area contributed by atoms with Crippen molar-refractivity contribution in [1.29, 1.82) is 0 Å². The molecule has 0 saturated heterocycles. The number of halogens is 2. The zero-order valence-corrected chi connectivity index (χ0v) is 17.2. The number of hydrogen-bond donors (Lipinski definition) is 0. The van der Waals surface area contributed by atoms with Crippen LogP contribution in [0.3, 0.4) is 0 Å². The summed E-state index contributed by atoms with van der Waals surface area (Å²) in [5.41, 5.74) is 1.66. The maximum atomic E-state index is 12.7. The highest BCUT2D eigenvalue weighted by Gasteiger charge is 2.24. The van der Waals surface area contributed by atoms with Crippen LogP contribution >= 0.6 is 23.2 Å². The van der Waals surface area contributed by atoms with Gasteiger partial charge in [0.1, 0.15) is 12.4 Å². The zero-order chi connectivity index (χ0) is 20.1. The number of carbonyl (C=O) groups excluding carboxylic acids is 2. The number of anilines is 1. The SMILES string of the molecule is CCN(Cc1ccc(Cl)c(Cl)c1)C(=O)CCC(=O)N1CCOc2ccccc21. The molecule has 0 fully saturated rings. The fourth-order valence-electron chi connectivity index (χ4n) is 3.17. The predicted octanol–water partition coefficient (Wildman–Crippen LogP) is 4.55. The van der Waals surface area contributed by atoms with Crippen LogP contribution in [0.25, 0.3) is 0 Å². The van der Waals surface area contributed by atoms with Crippen molar-refractivity contribution in [2.24, 2.45) is 0 Å². The topological polar surface area (TPSA) is 49.9 Å². The molecule has 148 valence electrons. The van der Waals surface area contributed by atoms with Gasteiger partial charge >= 0.3 is 0 Å². The Bertz CT molecular complexity index is 872. The number of hydrogen-bond acceptors (Lipinski definition) is 3. The lowest BCUT2D eigenvalue weighted by atomic mass is 10.1. The minimum absolute atomic E-state index is 0.0662. The molecule has 0 radical (unpaired) electrons. The highest BCUT2D eigenvalue weighted by atomic mass is 35.5. The van der Waals surface area contributed by atoms with E-state index in [0.717, 1.165) is 11.3 Å². The van der Waals surface area contributed by atoms with E-state index in [9.17, 15) is 9.59 Å². The van der Waals surface area contributed by atoms with E-state index < -0.39 is 0 Å². The first-order valence-corrected chi connectivity index (χ1v) is 9.99. The molecule has 2 aromatic rings. The third-order valence-electron chi connectivity index (χ3n) is 4.67. The van der Waals surface area contributed by atoms with Crippen LogP contribution in [0, 0.1) is 0 Å². The Morgan fingerprint density at radius 3 is 2.64 bits per heavy atom. The van der Waals surface area contributed by atoms with Gasteiger partial charge in [0.15, 0.2) is 0 Å². The summed E-state index contributed by atoms with van der Waals surface area (Å²) in [5.74, 6) is 0.557. The first-order valence-electron chi connectivity index (χ1n) is 9.23. The van der Waals surface area contributed by atoms with Crippen LogP contribution in [0.4, 0.5) is 5.69 Å². The van der Waals surface area contributed by atoms with Crippen molar-refractivity contribution in [2.45, 2.75) is 26.3 Å². The van der Waals surface area contributed by atoms with E-state index in [2.05, 4.69) is 0 Å². The second kappa shape index (κ2) is 9.30. The van der Waals surface area contributed by atoms with Gasteiger partial charge in [-0.1, -0.05) is 41.4 Å². The van der Waals surface area contributed by atoms with E-state index in [4.69, 9.17) is 27.9 Å². The standard InChI is InChI=1S/C21H22Cl2N2O3/c1-2-24(14-15-7-8-16(22)17(23)13-15)20(26)9-10-21(27)25-11-12-28-19-6-4-3-5-18(19)25/h3-8,13H,2,9-12,14H2,1H3. The van der Waals surface area contributed by atoms with Crippen molar-refractivity contribution in [3.8, 4) is 5.75 Å². The Kier molecular flexibility index (Phi) is 6.81. The molecule has 1 aliphatic rings. The molecule has 3 rings (SSSR count). The molecule has 0 N–H and O–H groups in total. The molecular formula is C21H22Cl2N2O3. The summed E-state index contributed by atoms with van der Waals surface area (Å²) in [5, 5.41) is 0.944. The highest BCUT2D eigenvalue weighted by Crippen LogP contribution is 2.31. The average Bonchev–Trinajstić information content (AvgIpc) is 2.72. The molecule has 1 heterocycles. The van der Waals surface area contributed by atoms with Gasteiger partial charge in [0.05, 0.1) is 22.3 Å². The molecule has 0 aromatic heterocycles. The van der Waals surface area contributed by atoms with Crippen molar-refractivity contribution >= 4 is 40.7 Å². The van der Waals surface area contributed by atoms with Gasteiger partial charge in [0, 0.05) is 25.9 Å². The van der Waals surface area contributed by atoms with Crippen LogP contribution in [0.1, 0.15) is 25.3 Å². The summed E-state index contributed by atoms with van der Waals surface area (Å²) in [6.07, 6.45) is 0.318. The van der Waals surface area contributed by atoms with E-state index >= 15 is 0 Å². The van der Waals surface area contributed by atoms with Crippen LogP contribution in [-0.2, 0) is 16.1 Å². The van der Waals surface area contributed by atoms with Crippen molar-refractivity contribution in [3.63, 3.8) is 0 Å². The van der Waals surface area contributed by atoms with Crippen LogP contribution < -0.4 is 9.64 Å². The van der Waals surface area contributed by atoms with Gasteiger partial charge in [0.25, 0.3) is 0 Å². The molecule has 5 nitrogen and oxygen atoms in total. The minimum atomic E-state index is -0.0744. The Labute approximate surface area is 174 Å². The van der Waals surface area contributed by atoms with Gasteiger partial charge < -0.3 is 14.5 Å². The number of amides is 2. The molecule has 0 bridgehead atoms. The third-order valence-corrected chi connectivity index (χ3v) is 5.41. The highest BCUT2D eigenvalue weighted by molar-refractivity contribution is 6.42. The second-order valence-corrected chi connectivity index (χ2v) is 7.33. The van der Waals surface area contributed by atoms with Crippen molar-refractivity contribution in [2.75, 3.05) is 24.6 Å². The smallest absolute Gasteiger partial charge is 0.227 e. The molecular weight excluding hydrogens is 399 g/mol. The molecule has 28 heavy (non-hydrogen) atoms.